The molecule has 0 saturated heterocycles. The van der Waals surface area contributed by atoms with Crippen LogP contribution in [-0.2, 0) is 0 Å². The maximum Gasteiger partial charge on any atom is 0.321 e. The van der Waals surface area contributed by atoms with Crippen molar-refractivity contribution in [2.75, 3.05) is 19.0 Å². The van der Waals surface area contributed by atoms with Crippen molar-refractivity contribution in [2.45, 2.75) is 13.0 Å². The first-order valence-electron chi connectivity index (χ1n) is 5.59. The lowest BCUT2D eigenvalue weighted by atomic mass is 10.2. The minimum Gasteiger partial charge on any atom is -0.497 e. The lowest BCUT2D eigenvalue weighted by Crippen LogP contribution is -2.15. The summed E-state index contributed by atoms with van der Waals surface area (Å²) in [6, 6.07) is 7.67. The molecule has 0 unspecified atom stereocenters. The minimum atomic E-state index is -0.475. The zero-order valence-electron chi connectivity index (χ0n) is 10.3. The number of rotatable bonds is 5. The van der Waals surface area contributed by atoms with Crippen LogP contribution in [0.25, 0.3) is 11.4 Å². The first kappa shape index (κ1) is 12.4. The van der Waals surface area contributed by atoms with E-state index in [4.69, 9.17) is 14.4 Å². The van der Waals surface area contributed by atoms with Gasteiger partial charge in [-0.05, 0) is 19.1 Å². The Labute approximate surface area is 105 Å². The van der Waals surface area contributed by atoms with Crippen molar-refractivity contribution in [3.63, 3.8) is 0 Å². The molecular weight excluding hydrogens is 234 g/mol. The minimum absolute atomic E-state index is 0.286. The summed E-state index contributed by atoms with van der Waals surface area (Å²) < 4.78 is 10.1. The molecule has 0 bridgehead atoms. The Bertz CT molecular complexity index is 511. The largest absolute Gasteiger partial charge is 0.497 e. The summed E-state index contributed by atoms with van der Waals surface area (Å²) >= 11 is 0. The Balaban J connectivity index is 2.13. The molecule has 0 saturated carbocycles. The second kappa shape index (κ2) is 5.50. The van der Waals surface area contributed by atoms with Crippen molar-refractivity contribution in [2.24, 2.45) is 0 Å². The van der Waals surface area contributed by atoms with E-state index in [2.05, 4.69) is 15.5 Å². The summed E-state index contributed by atoms with van der Waals surface area (Å²) in [7, 11) is 1.60. The predicted molar refractivity (Wildman–Crippen MR) is 66.5 cm³/mol. The van der Waals surface area contributed by atoms with E-state index in [-0.39, 0.29) is 6.01 Å². The van der Waals surface area contributed by atoms with Crippen LogP contribution < -0.4 is 10.1 Å². The molecule has 0 aliphatic heterocycles. The van der Waals surface area contributed by atoms with Gasteiger partial charge >= 0.3 is 6.01 Å². The molecule has 1 aromatic carbocycles. The number of aliphatic hydroxyl groups is 1. The molecule has 0 radical (unpaired) electrons. The molecule has 2 N–H and O–H groups in total. The lowest BCUT2D eigenvalue weighted by molar-refractivity contribution is 0.207. The van der Waals surface area contributed by atoms with Crippen LogP contribution in [0.15, 0.2) is 28.8 Å². The van der Waals surface area contributed by atoms with Crippen LogP contribution in [0, 0.1) is 0 Å². The fraction of sp³-hybridized carbons (Fsp3) is 0.333. The number of aliphatic hydroxyl groups excluding tert-OH is 1. The van der Waals surface area contributed by atoms with E-state index in [1.54, 1.807) is 14.0 Å². The second-order valence-electron chi connectivity index (χ2n) is 3.89. The van der Waals surface area contributed by atoms with Crippen molar-refractivity contribution >= 4 is 6.01 Å². The molecular formula is C12H15N3O3. The number of anilines is 1. The smallest absolute Gasteiger partial charge is 0.321 e. The van der Waals surface area contributed by atoms with E-state index in [1.807, 2.05) is 24.3 Å². The van der Waals surface area contributed by atoms with Crippen LogP contribution in [-0.4, -0.2) is 35.0 Å². The van der Waals surface area contributed by atoms with Crippen LogP contribution >= 0.6 is 0 Å². The fourth-order valence-corrected chi connectivity index (χ4v) is 1.41. The summed E-state index contributed by atoms with van der Waals surface area (Å²) in [6.07, 6.45) is -0.475. The highest BCUT2D eigenvalue weighted by Gasteiger charge is 2.09. The van der Waals surface area contributed by atoms with Gasteiger partial charge in [-0.1, -0.05) is 17.3 Å². The van der Waals surface area contributed by atoms with Crippen LogP contribution in [0.3, 0.4) is 0 Å². The van der Waals surface area contributed by atoms with E-state index in [9.17, 15) is 0 Å². The highest BCUT2D eigenvalue weighted by atomic mass is 16.5. The van der Waals surface area contributed by atoms with Gasteiger partial charge in [-0.15, -0.1) is 0 Å². The maximum absolute atomic E-state index is 9.14. The van der Waals surface area contributed by atoms with Crippen molar-refractivity contribution in [3.05, 3.63) is 24.3 Å². The van der Waals surface area contributed by atoms with E-state index < -0.39 is 6.10 Å². The van der Waals surface area contributed by atoms with Gasteiger partial charge in [0.15, 0.2) is 0 Å². The van der Waals surface area contributed by atoms with Gasteiger partial charge in [-0.3, -0.25) is 0 Å². The third kappa shape index (κ3) is 2.98. The molecule has 1 atom stereocenters. The fourth-order valence-electron chi connectivity index (χ4n) is 1.41. The highest BCUT2D eigenvalue weighted by molar-refractivity contribution is 5.57. The Hall–Kier alpha value is -2.08. The van der Waals surface area contributed by atoms with Crippen LogP contribution in [0.4, 0.5) is 6.01 Å². The van der Waals surface area contributed by atoms with E-state index in [0.717, 1.165) is 11.3 Å². The summed E-state index contributed by atoms with van der Waals surface area (Å²) in [6.45, 7) is 2.03. The first-order valence-corrected chi connectivity index (χ1v) is 5.59. The van der Waals surface area contributed by atoms with E-state index >= 15 is 0 Å². The zero-order valence-corrected chi connectivity index (χ0v) is 10.3. The van der Waals surface area contributed by atoms with Crippen LogP contribution in [0.1, 0.15) is 6.92 Å². The molecule has 1 heterocycles. The van der Waals surface area contributed by atoms with Crippen molar-refractivity contribution in [3.8, 4) is 17.1 Å². The molecule has 0 amide bonds. The molecule has 1 aromatic heterocycles. The number of aromatic nitrogens is 2. The standard InChI is InChI=1S/C12H15N3O3/c1-8(16)7-13-12-14-11(15-18-12)9-4-3-5-10(6-9)17-2/h3-6,8,16H,7H2,1-2H3,(H,13,14,15)/t8-/m0/s1. The van der Waals surface area contributed by atoms with Gasteiger partial charge in [0, 0.05) is 12.1 Å². The first-order chi connectivity index (χ1) is 8.69. The topological polar surface area (TPSA) is 80.4 Å². The van der Waals surface area contributed by atoms with Crippen molar-refractivity contribution in [1.82, 2.24) is 10.1 Å². The third-order valence-corrected chi connectivity index (χ3v) is 2.30. The Kier molecular flexibility index (Phi) is 3.78. The Morgan fingerprint density at radius 1 is 1.50 bits per heavy atom. The molecule has 0 fully saturated rings. The van der Waals surface area contributed by atoms with Gasteiger partial charge in [0.25, 0.3) is 0 Å². The Morgan fingerprint density at radius 2 is 2.33 bits per heavy atom. The van der Waals surface area contributed by atoms with Gasteiger partial charge < -0.3 is 19.7 Å². The number of nitrogens with one attached hydrogen (secondary N) is 1. The van der Waals surface area contributed by atoms with Gasteiger partial charge in [-0.25, -0.2) is 0 Å². The normalized spacial score (nSPS) is 12.2. The van der Waals surface area contributed by atoms with E-state index in [0.29, 0.717) is 12.4 Å². The summed E-state index contributed by atoms with van der Waals surface area (Å²) in [5.41, 5.74) is 0.809. The average Bonchev–Trinajstić information content (AvgIpc) is 2.85. The predicted octanol–water partition coefficient (Wildman–Crippen LogP) is 1.54. The van der Waals surface area contributed by atoms with Gasteiger partial charge in [0.2, 0.25) is 5.82 Å². The van der Waals surface area contributed by atoms with Gasteiger partial charge in [0.1, 0.15) is 5.75 Å². The molecule has 6 heteroatoms. The lowest BCUT2D eigenvalue weighted by Gasteiger charge is -2.02. The molecule has 0 aliphatic carbocycles. The number of ether oxygens (including phenoxy) is 1. The summed E-state index contributed by atoms with van der Waals surface area (Å²) in [5.74, 6) is 1.21. The second-order valence-corrected chi connectivity index (χ2v) is 3.89. The molecule has 0 aliphatic rings. The van der Waals surface area contributed by atoms with Gasteiger partial charge in [-0.2, -0.15) is 4.98 Å². The number of hydrogen-bond acceptors (Lipinski definition) is 6. The molecule has 0 spiro atoms. The summed E-state index contributed by atoms with van der Waals surface area (Å²) in [5, 5.41) is 15.8. The van der Waals surface area contributed by atoms with Crippen molar-refractivity contribution < 1.29 is 14.4 Å². The quantitative estimate of drug-likeness (QED) is 0.836. The number of methoxy groups -OCH3 is 1. The SMILES string of the molecule is COc1cccc(-c2noc(NC[C@H](C)O)n2)c1. The monoisotopic (exact) mass is 249 g/mol. The molecule has 6 nitrogen and oxygen atoms in total. The molecule has 18 heavy (non-hydrogen) atoms. The maximum atomic E-state index is 9.14. The number of hydrogen-bond donors (Lipinski definition) is 2. The number of benzene rings is 1. The molecule has 2 rings (SSSR count). The highest BCUT2D eigenvalue weighted by Crippen LogP contribution is 2.22. The molecule has 2 aromatic rings. The molecule has 96 valence electrons. The van der Waals surface area contributed by atoms with E-state index in [1.165, 1.54) is 0 Å². The summed E-state index contributed by atoms with van der Waals surface area (Å²) in [4.78, 5) is 4.17. The average molecular weight is 249 g/mol. The van der Waals surface area contributed by atoms with Gasteiger partial charge in [0.05, 0.1) is 13.2 Å². The number of nitrogens with zero attached hydrogens (tertiary/aromatic N) is 2. The van der Waals surface area contributed by atoms with Crippen molar-refractivity contribution in [1.29, 1.82) is 0 Å². The Morgan fingerprint density at radius 3 is 3.06 bits per heavy atom. The van der Waals surface area contributed by atoms with Crippen LogP contribution in [0.2, 0.25) is 0 Å². The zero-order chi connectivity index (χ0) is 13.0. The third-order valence-electron chi connectivity index (χ3n) is 2.30. The van der Waals surface area contributed by atoms with Crippen LogP contribution in [0.5, 0.6) is 5.75 Å².